The van der Waals surface area contributed by atoms with Crippen molar-refractivity contribution >= 4 is 22.2 Å². The first-order valence-corrected chi connectivity index (χ1v) is 9.55. The number of anilines is 2. The molecule has 0 aliphatic carbocycles. The second-order valence-electron chi connectivity index (χ2n) is 5.94. The summed E-state index contributed by atoms with van der Waals surface area (Å²) in [5.41, 5.74) is 2.09. The number of hydrogen-bond acceptors (Lipinski definition) is 4. The van der Waals surface area contributed by atoms with E-state index in [2.05, 4.69) is 5.32 Å². The van der Waals surface area contributed by atoms with Gasteiger partial charge in [0, 0.05) is 40.7 Å². The van der Waals surface area contributed by atoms with Crippen LogP contribution in [-0.2, 0) is 21.3 Å². The van der Waals surface area contributed by atoms with E-state index >= 15 is 0 Å². The number of nitriles is 1. The van der Waals surface area contributed by atoms with E-state index in [1.807, 2.05) is 30.3 Å². The first kappa shape index (κ1) is 17.6. The van der Waals surface area contributed by atoms with Crippen molar-refractivity contribution in [2.75, 3.05) is 18.5 Å². The lowest BCUT2D eigenvalue weighted by Gasteiger charge is -2.21. The average Bonchev–Trinajstić information content (AvgIpc) is 2.63. The highest BCUT2D eigenvalue weighted by atomic mass is 32.2. The smallest absolute Gasteiger partial charge is 0.143 e. The maximum absolute atomic E-state index is 13.7. The molecule has 130 valence electrons. The van der Waals surface area contributed by atoms with Crippen molar-refractivity contribution in [2.24, 2.45) is 0 Å². The molecule has 1 fully saturated rings. The molecule has 0 saturated carbocycles. The Morgan fingerprint density at radius 2 is 2.00 bits per heavy atom. The molecule has 2 aromatic carbocycles. The van der Waals surface area contributed by atoms with Crippen LogP contribution in [0.4, 0.5) is 15.8 Å². The zero-order valence-corrected chi connectivity index (χ0v) is 14.5. The maximum Gasteiger partial charge on any atom is 0.143 e. The van der Waals surface area contributed by atoms with Crippen LogP contribution < -0.4 is 5.32 Å². The van der Waals surface area contributed by atoms with Gasteiger partial charge in [0.25, 0.3) is 0 Å². The zero-order chi connectivity index (χ0) is 17.6. The van der Waals surface area contributed by atoms with Gasteiger partial charge in [0.15, 0.2) is 0 Å². The van der Waals surface area contributed by atoms with Crippen LogP contribution in [0.2, 0.25) is 0 Å². The van der Waals surface area contributed by atoms with Gasteiger partial charge in [-0.1, -0.05) is 18.2 Å². The summed E-state index contributed by atoms with van der Waals surface area (Å²) in [5, 5.41) is 12.4. The molecular weight excluding hydrogens is 339 g/mol. The molecule has 1 aliphatic heterocycles. The van der Waals surface area contributed by atoms with E-state index < -0.39 is 16.6 Å². The minimum Gasteiger partial charge on any atom is -0.381 e. The van der Waals surface area contributed by atoms with Crippen molar-refractivity contribution in [1.29, 1.82) is 5.26 Å². The van der Waals surface area contributed by atoms with Crippen LogP contribution in [0.15, 0.2) is 42.5 Å². The van der Waals surface area contributed by atoms with E-state index in [-0.39, 0.29) is 10.8 Å². The molecule has 0 bridgehead atoms. The Morgan fingerprint density at radius 1 is 1.24 bits per heavy atom. The van der Waals surface area contributed by atoms with E-state index in [4.69, 9.17) is 10.00 Å². The SMILES string of the molecule is N#Cc1c(F)cccc1Nc1cccc(CS(=O)C2CCOCC2)c1. The average molecular weight is 358 g/mol. The van der Waals surface area contributed by atoms with E-state index in [0.717, 1.165) is 24.1 Å². The minimum absolute atomic E-state index is 0.0151. The third-order valence-corrected chi connectivity index (χ3v) is 6.01. The van der Waals surface area contributed by atoms with Crippen molar-refractivity contribution in [3.63, 3.8) is 0 Å². The van der Waals surface area contributed by atoms with Crippen LogP contribution in [0.5, 0.6) is 0 Å². The van der Waals surface area contributed by atoms with Gasteiger partial charge < -0.3 is 10.1 Å². The Bertz CT molecular complexity index is 813. The number of nitrogens with one attached hydrogen (secondary N) is 1. The number of nitrogens with zero attached hydrogens (tertiary/aromatic N) is 1. The Hall–Kier alpha value is -2.23. The van der Waals surface area contributed by atoms with E-state index in [0.29, 0.717) is 24.7 Å². The lowest BCUT2D eigenvalue weighted by Crippen LogP contribution is -2.25. The highest BCUT2D eigenvalue weighted by molar-refractivity contribution is 7.84. The molecule has 0 amide bonds. The van der Waals surface area contributed by atoms with Crippen LogP contribution >= 0.6 is 0 Å². The summed E-state index contributed by atoms with van der Waals surface area (Å²) in [4.78, 5) is 0. The van der Waals surface area contributed by atoms with Crippen molar-refractivity contribution in [3.05, 3.63) is 59.4 Å². The molecule has 25 heavy (non-hydrogen) atoms. The molecule has 2 aromatic rings. The Morgan fingerprint density at radius 3 is 2.76 bits per heavy atom. The predicted molar refractivity (Wildman–Crippen MR) is 96.5 cm³/mol. The third-order valence-electron chi connectivity index (χ3n) is 4.18. The topological polar surface area (TPSA) is 62.1 Å². The monoisotopic (exact) mass is 358 g/mol. The fourth-order valence-electron chi connectivity index (χ4n) is 2.86. The number of benzene rings is 2. The van der Waals surface area contributed by atoms with Crippen LogP contribution in [0.25, 0.3) is 0 Å². The normalized spacial score (nSPS) is 16.2. The summed E-state index contributed by atoms with van der Waals surface area (Å²) in [6.07, 6.45) is 1.67. The summed E-state index contributed by atoms with van der Waals surface area (Å²) >= 11 is 0. The lowest BCUT2D eigenvalue weighted by molar-refractivity contribution is 0.0992. The van der Waals surface area contributed by atoms with Gasteiger partial charge in [-0.25, -0.2) is 4.39 Å². The molecule has 1 atom stereocenters. The largest absolute Gasteiger partial charge is 0.381 e. The first-order valence-electron chi connectivity index (χ1n) is 8.17. The summed E-state index contributed by atoms with van der Waals surface area (Å²) in [5.74, 6) is -0.0710. The minimum atomic E-state index is -0.942. The van der Waals surface area contributed by atoms with Crippen LogP contribution in [-0.4, -0.2) is 22.7 Å². The Labute approximate surface area is 149 Å². The molecule has 1 saturated heterocycles. The number of ether oxygens (including phenoxy) is 1. The van der Waals surface area contributed by atoms with Crippen molar-refractivity contribution in [2.45, 2.75) is 23.8 Å². The zero-order valence-electron chi connectivity index (χ0n) is 13.7. The Balaban J connectivity index is 1.73. The number of rotatable bonds is 5. The van der Waals surface area contributed by atoms with Crippen LogP contribution in [0.1, 0.15) is 24.0 Å². The van der Waals surface area contributed by atoms with Gasteiger partial charge in [0.1, 0.15) is 17.4 Å². The second kappa shape index (κ2) is 8.24. The standard InChI is InChI=1S/C19H19FN2O2S/c20-18-5-2-6-19(17(18)12-21)22-15-4-1-3-14(11-15)13-25(23)16-7-9-24-10-8-16/h1-6,11,16,22H,7-10,13H2. The molecule has 1 N–H and O–H groups in total. The summed E-state index contributed by atoms with van der Waals surface area (Å²) < 4.78 is 31.5. The van der Waals surface area contributed by atoms with E-state index in [9.17, 15) is 8.60 Å². The van der Waals surface area contributed by atoms with E-state index in [1.165, 1.54) is 6.07 Å². The maximum atomic E-state index is 13.7. The third kappa shape index (κ3) is 4.44. The van der Waals surface area contributed by atoms with Crippen molar-refractivity contribution in [3.8, 4) is 6.07 Å². The van der Waals surface area contributed by atoms with Gasteiger partial charge in [-0.3, -0.25) is 4.21 Å². The Kier molecular flexibility index (Phi) is 5.79. The fourth-order valence-corrected chi connectivity index (χ4v) is 4.32. The van der Waals surface area contributed by atoms with Gasteiger partial charge in [-0.2, -0.15) is 5.26 Å². The van der Waals surface area contributed by atoms with Gasteiger partial charge in [0.2, 0.25) is 0 Å². The summed E-state index contributed by atoms with van der Waals surface area (Å²) in [7, 11) is -0.942. The highest BCUT2D eigenvalue weighted by Crippen LogP contribution is 2.24. The molecule has 6 heteroatoms. The highest BCUT2D eigenvalue weighted by Gasteiger charge is 2.20. The van der Waals surface area contributed by atoms with E-state index in [1.54, 1.807) is 12.1 Å². The quantitative estimate of drug-likeness (QED) is 0.881. The van der Waals surface area contributed by atoms with Crippen LogP contribution in [0, 0.1) is 17.1 Å². The first-order chi connectivity index (χ1) is 12.2. The molecule has 0 aromatic heterocycles. The van der Waals surface area contributed by atoms with Gasteiger partial charge in [0.05, 0.1) is 5.69 Å². The molecular formula is C19H19FN2O2S. The molecule has 0 spiro atoms. The van der Waals surface area contributed by atoms with Gasteiger partial charge >= 0.3 is 0 Å². The number of hydrogen-bond donors (Lipinski definition) is 1. The molecule has 3 rings (SSSR count). The van der Waals surface area contributed by atoms with Gasteiger partial charge in [-0.15, -0.1) is 0 Å². The molecule has 1 aliphatic rings. The van der Waals surface area contributed by atoms with Gasteiger partial charge in [-0.05, 0) is 42.7 Å². The lowest BCUT2D eigenvalue weighted by atomic mass is 10.1. The second-order valence-corrected chi connectivity index (χ2v) is 7.65. The molecule has 4 nitrogen and oxygen atoms in total. The predicted octanol–water partition coefficient (Wildman–Crippen LogP) is 3.87. The molecule has 1 unspecified atom stereocenters. The summed E-state index contributed by atoms with van der Waals surface area (Å²) in [6.45, 7) is 1.35. The number of halogens is 1. The molecule has 1 heterocycles. The fraction of sp³-hybridized carbons (Fsp3) is 0.316. The van der Waals surface area contributed by atoms with Crippen molar-refractivity contribution < 1.29 is 13.3 Å². The van der Waals surface area contributed by atoms with Crippen molar-refractivity contribution in [1.82, 2.24) is 0 Å². The molecule has 0 radical (unpaired) electrons. The summed E-state index contributed by atoms with van der Waals surface area (Å²) in [6, 6.07) is 13.9. The van der Waals surface area contributed by atoms with Crippen LogP contribution in [0.3, 0.4) is 0 Å².